The Balaban J connectivity index is 1.85. The molecule has 1 N–H and O–H groups in total. The van der Waals surface area contributed by atoms with Crippen LogP contribution in [-0.2, 0) is 14.3 Å². The van der Waals surface area contributed by atoms with E-state index in [0.29, 0.717) is 11.4 Å². The lowest BCUT2D eigenvalue weighted by Crippen LogP contribution is -2.35. The number of anilines is 1. The van der Waals surface area contributed by atoms with Gasteiger partial charge in [0.15, 0.2) is 12.2 Å². The van der Waals surface area contributed by atoms with Crippen molar-refractivity contribution in [2.24, 2.45) is 0 Å². The van der Waals surface area contributed by atoms with Crippen molar-refractivity contribution < 1.29 is 19.1 Å². The molecule has 2 aromatic rings. The summed E-state index contributed by atoms with van der Waals surface area (Å²) in [6.45, 7) is 3.09. The standard InChI is InChI=1S/C18H18BrNO4/c1-12(17(21)20-15-6-4-3-5-7-15)24-18(22)13(2)23-16-10-8-14(19)9-11-16/h3-13H,1-2H3,(H,20,21)/t12-,13-/m1/s1. The second-order valence-electron chi connectivity index (χ2n) is 5.15. The minimum absolute atomic E-state index is 0.398. The van der Waals surface area contributed by atoms with E-state index < -0.39 is 24.1 Å². The van der Waals surface area contributed by atoms with Gasteiger partial charge in [-0.1, -0.05) is 34.1 Å². The van der Waals surface area contributed by atoms with Crippen molar-refractivity contribution in [3.63, 3.8) is 0 Å². The van der Waals surface area contributed by atoms with E-state index in [1.807, 2.05) is 18.2 Å². The summed E-state index contributed by atoms with van der Waals surface area (Å²) in [5.74, 6) is -0.455. The Morgan fingerprint density at radius 3 is 2.21 bits per heavy atom. The highest BCUT2D eigenvalue weighted by atomic mass is 79.9. The predicted molar refractivity (Wildman–Crippen MR) is 94.9 cm³/mol. The molecule has 0 bridgehead atoms. The maximum atomic E-state index is 12.0. The van der Waals surface area contributed by atoms with E-state index in [4.69, 9.17) is 9.47 Å². The first-order chi connectivity index (χ1) is 11.5. The van der Waals surface area contributed by atoms with E-state index in [9.17, 15) is 9.59 Å². The Morgan fingerprint density at radius 1 is 0.958 bits per heavy atom. The van der Waals surface area contributed by atoms with Crippen molar-refractivity contribution in [2.45, 2.75) is 26.1 Å². The molecule has 1 amide bonds. The maximum Gasteiger partial charge on any atom is 0.347 e. The number of carbonyl (C=O) groups excluding carboxylic acids is 2. The van der Waals surface area contributed by atoms with Crippen molar-refractivity contribution in [3.05, 3.63) is 59.1 Å². The maximum absolute atomic E-state index is 12.0. The van der Waals surface area contributed by atoms with Gasteiger partial charge in [0, 0.05) is 10.2 Å². The number of nitrogens with one attached hydrogen (secondary N) is 1. The van der Waals surface area contributed by atoms with Crippen LogP contribution in [0, 0.1) is 0 Å². The van der Waals surface area contributed by atoms with Crippen molar-refractivity contribution in [2.75, 3.05) is 5.32 Å². The summed E-state index contributed by atoms with van der Waals surface area (Å²) in [5, 5.41) is 2.68. The Bertz CT molecular complexity index is 688. The largest absolute Gasteiger partial charge is 0.479 e. The van der Waals surface area contributed by atoms with Gasteiger partial charge in [-0.3, -0.25) is 4.79 Å². The van der Waals surface area contributed by atoms with Crippen LogP contribution in [0.5, 0.6) is 5.75 Å². The van der Waals surface area contributed by atoms with Gasteiger partial charge in [0.05, 0.1) is 0 Å². The van der Waals surface area contributed by atoms with Crippen molar-refractivity contribution in [1.29, 1.82) is 0 Å². The van der Waals surface area contributed by atoms with Gasteiger partial charge in [0.25, 0.3) is 5.91 Å². The SMILES string of the molecule is C[C@@H](OC(=O)[C@@H](C)Oc1ccc(Br)cc1)C(=O)Nc1ccccc1. The summed E-state index contributed by atoms with van der Waals surface area (Å²) in [4.78, 5) is 24.1. The zero-order valence-electron chi connectivity index (χ0n) is 13.4. The minimum atomic E-state index is -0.923. The fraction of sp³-hybridized carbons (Fsp3) is 0.222. The molecule has 0 aromatic heterocycles. The summed E-state index contributed by atoms with van der Waals surface area (Å²) in [7, 11) is 0. The summed E-state index contributed by atoms with van der Waals surface area (Å²) >= 11 is 3.32. The van der Waals surface area contributed by atoms with Crippen molar-refractivity contribution in [1.82, 2.24) is 0 Å². The highest BCUT2D eigenvalue weighted by molar-refractivity contribution is 9.10. The molecule has 5 nitrogen and oxygen atoms in total. The van der Waals surface area contributed by atoms with Gasteiger partial charge in [0.1, 0.15) is 5.75 Å². The lowest BCUT2D eigenvalue weighted by Gasteiger charge is -2.17. The Hall–Kier alpha value is -2.34. The molecule has 2 rings (SSSR count). The number of benzene rings is 2. The van der Waals surface area contributed by atoms with Crippen LogP contribution in [0.3, 0.4) is 0 Å². The molecule has 0 aliphatic rings. The van der Waals surface area contributed by atoms with Crippen LogP contribution in [-0.4, -0.2) is 24.1 Å². The molecule has 0 saturated carbocycles. The summed E-state index contributed by atoms with van der Waals surface area (Å²) in [6, 6.07) is 16.1. The molecular formula is C18H18BrNO4. The summed E-state index contributed by atoms with van der Waals surface area (Å²) in [6.07, 6.45) is -1.74. The quantitative estimate of drug-likeness (QED) is 0.760. The lowest BCUT2D eigenvalue weighted by atomic mass is 10.3. The van der Waals surface area contributed by atoms with E-state index in [2.05, 4.69) is 21.2 Å². The number of hydrogen-bond acceptors (Lipinski definition) is 4. The average molecular weight is 392 g/mol. The van der Waals surface area contributed by atoms with Crippen LogP contribution in [0.25, 0.3) is 0 Å². The third-order valence-corrected chi connectivity index (χ3v) is 3.69. The first kappa shape index (κ1) is 18.0. The summed E-state index contributed by atoms with van der Waals surface area (Å²) in [5.41, 5.74) is 0.643. The van der Waals surface area contributed by atoms with Crippen LogP contribution in [0.2, 0.25) is 0 Å². The van der Waals surface area contributed by atoms with Gasteiger partial charge in [-0.15, -0.1) is 0 Å². The smallest absolute Gasteiger partial charge is 0.347 e. The van der Waals surface area contributed by atoms with Gasteiger partial charge in [-0.05, 0) is 50.2 Å². The van der Waals surface area contributed by atoms with Crippen molar-refractivity contribution in [3.8, 4) is 5.75 Å². The second kappa shape index (κ2) is 8.49. The molecule has 126 valence electrons. The number of esters is 1. The third-order valence-electron chi connectivity index (χ3n) is 3.16. The molecule has 0 radical (unpaired) electrons. The van der Waals surface area contributed by atoms with Gasteiger partial charge in [-0.2, -0.15) is 0 Å². The first-order valence-electron chi connectivity index (χ1n) is 7.44. The molecule has 0 unspecified atom stereocenters. The number of rotatable bonds is 6. The third kappa shape index (κ3) is 5.38. The molecule has 2 aromatic carbocycles. The fourth-order valence-corrected chi connectivity index (χ4v) is 2.12. The van der Waals surface area contributed by atoms with Crippen LogP contribution in [0.15, 0.2) is 59.1 Å². The Kier molecular flexibility index (Phi) is 6.37. The molecule has 0 aliphatic heterocycles. The molecule has 0 spiro atoms. The van der Waals surface area contributed by atoms with Gasteiger partial charge in [-0.25, -0.2) is 4.79 Å². The zero-order valence-corrected chi connectivity index (χ0v) is 14.9. The van der Waals surface area contributed by atoms with E-state index in [1.54, 1.807) is 43.3 Å². The molecule has 0 fully saturated rings. The van der Waals surface area contributed by atoms with E-state index in [-0.39, 0.29) is 0 Å². The number of carbonyl (C=O) groups is 2. The van der Waals surface area contributed by atoms with Gasteiger partial charge < -0.3 is 14.8 Å². The summed E-state index contributed by atoms with van der Waals surface area (Å²) < 4.78 is 11.6. The molecule has 6 heteroatoms. The van der Waals surface area contributed by atoms with Gasteiger partial charge in [0.2, 0.25) is 0 Å². The second-order valence-corrected chi connectivity index (χ2v) is 6.06. The molecule has 24 heavy (non-hydrogen) atoms. The normalized spacial score (nSPS) is 12.8. The van der Waals surface area contributed by atoms with Crippen molar-refractivity contribution >= 4 is 33.5 Å². The fourth-order valence-electron chi connectivity index (χ4n) is 1.85. The highest BCUT2D eigenvalue weighted by Crippen LogP contribution is 2.17. The average Bonchev–Trinajstić information content (AvgIpc) is 2.57. The van der Waals surface area contributed by atoms with Crippen LogP contribution in [0.1, 0.15) is 13.8 Å². The minimum Gasteiger partial charge on any atom is -0.479 e. The molecule has 0 saturated heterocycles. The number of ether oxygens (including phenoxy) is 2. The number of hydrogen-bond donors (Lipinski definition) is 1. The zero-order chi connectivity index (χ0) is 17.5. The Morgan fingerprint density at radius 2 is 1.58 bits per heavy atom. The van der Waals surface area contributed by atoms with E-state index in [1.165, 1.54) is 6.92 Å². The predicted octanol–water partition coefficient (Wildman–Crippen LogP) is 3.79. The van der Waals surface area contributed by atoms with Gasteiger partial charge >= 0.3 is 5.97 Å². The van der Waals surface area contributed by atoms with E-state index >= 15 is 0 Å². The van der Waals surface area contributed by atoms with Crippen LogP contribution >= 0.6 is 15.9 Å². The molecule has 2 atom stereocenters. The van der Waals surface area contributed by atoms with E-state index in [0.717, 1.165) is 4.47 Å². The molecule has 0 aliphatic carbocycles. The highest BCUT2D eigenvalue weighted by Gasteiger charge is 2.23. The Labute approximate surface area is 149 Å². The number of halogens is 1. The van der Waals surface area contributed by atoms with Crippen LogP contribution in [0.4, 0.5) is 5.69 Å². The lowest BCUT2D eigenvalue weighted by molar-refractivity contribution is -0.159. The number of amides is 1. The molecule has 0 heterocycles. The topological polar surface area (TPSA) is 64.6 Å². The molecular weight excluding hydrogens is 374 g/mol. The van der Waals surface area contributed by atoms with Crippen LogP contribution < -0.4 is 10.1 Å². The number of para-hydroxylation sites is 1. The first-order valence-corrected chi connectivity index (χ1v) is 8.23. The monoisotopic (exact) mass is 391 g/mol.